The largest absolute Gasteiger partial charge is 0.464 e. The zero-order chi connectivity index (χ0) is 19.1. The summed E-state index contributed by atoms with van der Waals surface area (Å²) >= 11 is 0. The molecule has 1 aromatic rings. The van der Waals surface area contributed by atoms with Gasteiger partial charge in [-0.05, 0) is 27.2 Å². The monoisotopic (exact) mass is 368 g/mol. The van der Waals surface area contributed by atoms with E-state index in [0.29, 0.717) is 0 Å². The fraction of sp³-hybridized carbons (Fsp3) is 0.706. The number of carbonyl (C=O) groups excluding carboxylic acids is 1. The van der Waals surface area contributed by atoms with Crippen molar-refractivity contribution < 1.29 is 23.7 Å². The summed E-state index contributed by atoms with van der Waals surface area (Å²) in [4.78, 5) is 38.3. The van der Waals surface area contributed by atoms with E-state index in [2.05, 4.69) is 4.98 Å². The average Bonchev–Trinajstić information content (AvgIpc) is 2.93. The minimum atomic E-state index is -1.11. The number of ether oxygens (including phenoxy) is 4. The van der Waals surface area contributed by atoms with E-state index in [1.807, 2.05) is 6.92 Å². The fourth-order valence-electron chi connectivity index (χ4n) is 3.47. The Morgan fingerprint density at radius 1 is 1.35 bits per heavy atom. The Labute approximate surface area is 150 Å². The number of hydrogen-bond donors (Lipinski definition) is 1. The van der Waals surface area contributed by atoms with Gasteiger partial charge in [-0.2, -0.15) is 0 Å². The van der Waals surface area contributed by atoms with Crippen molar-refractivity contribution >= 4 is 5.97 Å². The van der Waals surface area contributed by atoms with Gasteiger partial charge in [-0.15, -0.1) is 0 Å². The molecule has 0 unspecified atom stereocenters. The van der Waals surface area contributed by atoms with Gasteiger partial charge in [-0.25, -0.2) is 9.59 Å². The highest BCUT2D eigenvalue weighted by Gasteiger charge is 2.66. The molecule has 2 aliphatic rings. The number of carbonyl (C=O) groups is 1. The Balaban J connectivity index is 1.94. The van der Waals surface area contributed by atoms with Gasteiger partial charge in [0.25, 0.3) is 5.56 Å². The first kappa shape index (κ1) is 18.8. The summed E-state index contributed by atoms with van der Waals surface area (Å²) < 4.78 is 24.2. The van der Waals surface area contributed by atoms with Crippen LogP contribution in [0.3, 0.4) is 0 Å². The summed E-state index contributed by atoms with van der Waals surface area (Å²) in [7, 11) is 0. The van der Waals surface area contributed by atoms with Crippen molar-refractivity contribution in [1.29, 1.82) is 0 Å². The quantitative estimate of drug-likeness (QED) is 0.601. The molecule has 3 rings (SSSR count). The lowest BCUT2D eigenvalue weighted by atomic mass is 9.96. The smallest absolute Gasteiger partial charge is 0.338 e. The molecule has 0 bridgehead atoms. The summed E-state index contributed by atoms with van der Waals surface area (Å²) in [5.74, 6) is -1.52. The molecule has 9 heteroatoms. The molecule has 0 saturated carbocycles. The van der Waals surface area contributed by atoms with Gasteiger partial charge in [-0.3, -0.25) is 14.3 Å². The Morgan fingerprint density at radius 2 is 2.08 bits per heavy atom. The molecule has 2 fully saturated rings. The van der Waals surface area contributed by atoms with Crippen molar-refractivity contribution in [2.75, 3.05) is 6.61 Å². The van der Waals surface area contributed by atoms with Crippen LogP contribution in [0.15, 0.2) is 21.9 Å². The van der Waals surface area contributed by atoms with Crippen molar-refractivity contribution in [1.82, 2.24) is 9.55 Å². The summed E-state index contributed by atoms with van der Waals surface area (Å²) in [5, 5.41) is 0. The van der Waals surface area contributed by atoms with Crippen molar-refractivity contribution in [3.63, 3.8) is 0 Å². The predicted octanol–water partition coefficient (Wildman–Crippen LogP) is 0.688. The van der Waals surface area contributed by atoms with Crippen molar-refractivity contribution in [2.24, 2.45) is 0 Å². The topological polar surface area (TPSA) is 109 Å². The zero-order valence-corrected chi connectivity index (χ0v) is 15.3. The highest BCUT2D eigenvalue weighted by atomic mass is 16.8. The second kappa shape index (κ2) is 6.64. The first-order chi connectivity index (χ1) is 12.2. The molecular formula is C17H24N2O7. The van der Waals surface area contributed by atoms with Crippen LogP contribution in [0, 0.1) is 0 Å². The van der Waals surface area contributed by atoms with E-state index in [1.54, 1.807) is 20.8 Å². The number of H-pyrrole nitrogens is 1. The lowest BCUT2D eigenvalue weighted by Crippen LogP contribution is -2.46. The molecule has 2 aliphatic heterocycles. The third-order valence-electron chi connectivity index (χ3n) is 4.56. The van der Waals surface area contributed by atoms with Gasteiger partial charge in [0.2, 0.25) is 0 Å². The molecule has 0 amide bonds. The average molecular weight is 368 g/mol. The SMILES string of the molecule is CCCCOC(=O)[C@H]1O[C@@H](n2ccc(=O)[nH]c2=O)[C@]2(C)OC(C)(C)O[C@H]12. The highest BCUT2D eigenvalue weighted by Crippen LogP contribution is 2.50. The predicted molar refractivity (Wildman–Crippen MR) is 89.5 cm³/mol. The molecule has 1 aromatic heterocycles. The number of aromatic nitrogens is 2. The van der Waals surface area contributed by atoms with Crippen molar-refractivity contribution in [2.45, 2.75) is 70.4 Å². The van der Waals surface area contributed by atoms with Crippen LogP contribution in [0.5, 0.6) is 0 Å². The van der Waals surface area contributed by atoms with E-state index in [0.717, 1.165) is 12.8 Å². The normalized spacial score (nSPS) is 32.4. The second-order valence-corrected chi connectivity index (χ2v) is 7.17. The number of hydrogen-bond acceptors (Lipinski definition) is 7. The molecule has 4 atom stereocenters. The first-order valence-electron chi connectivity index (χ1n) is 8.69. The zero-order valence-electron chi connectivity index (χ0n) is 15.3. The van der Waals surface area contributed by atoms with E-state index < -0.39 is 47.0 Å². The Hall–Kier alpha value is -1.97. The Morgan fingerprint density at radius 3 is 2.73 bits per heavy atom. The van der Waals surface area contributed by atoms with Crippen LogP contribution in [0.1, 0.15) is 46.8 Å². The lowest BCUT2D eigenvalue weighted by Gasteiger charge is -2.30. The summed E-state index contributed by atoms with van der Waals surface area (Å²) in [5.41, 5.74) is -2.29. The number of nitrogens with one attached hydrogen (secondary N) is 1. The van der Waals surface area contributed by atoms with Gasteiger partial charge in [-0.1, -0.05) is 13.3 Å². The summed E-state index contributed by atoms with van der Waals surface area (Å²) in [6.07, 6.45) is 0.196. The van der Waals surface area contributed by atoms with Gasteiger partial charge in [0.05, 0.1) is 6.61 Å². The van der Waals surface area contributed by atoms with Crippen LogP contribution in [0.25, 0.3) is 0 Å². The molecule has 0 aromatic carbocycles. The molecule has 3 heterocycles. The van der Waals surface area contributed by atoms with Crippen LogP contribution in [0.4, 0.5) is 0 Å². The van der Waals surface area contributed by atoms with Gasteiger partial charge in [0, 0.05) is 12.3 Å². The van der Waals surface area contributed by atoms with Gasteiger partial charge < -0.3 is 18.9 Å². The highest BCUT2D eigenvalue weighted by molar-refractivity contribution is 5.76. The van der Waals surface area contributed by atoms with Gasteiger partial charge in [0.1, 0.15) is 11.7 Å². The summed E-state index contributed by atoms with van der Waals surface area (Å²) in [6, 6.07) is 1.21. The first-order valence-corrected chi connectivity index (χ1v) is 8.69. The summed E-state index contributed by atoms with van der Waals surface area (Å²) in [6.45, 7) is 7.44. The number of nitrogens with zero attached hydrogens (tertiary/aromatic N) is 1. The molecule has 0 aliphatic carbocycles. The Kier molecular flexibility index (Phi) is 4.80. The number of rotatable bonds is 5. The minimum absolute atomic E-state index is 0.284. The molecule has 26 heavy (non-hydrogen) atoms. The number of unbranched alkanes of at least 4 members (excludes halogenated alkanes) is 1. The molecule has 0 spiro atoms. The molecule has 144 valence electrons. The number of aromatic amines is 1. The van der Waals surface area contributed by atoms with Crippen molar-refractivity contribution in [3.05, 3.63) is 33.1 Å². The minimum Gasteiger partial charge on any atom is -0.464 e. The Bertz CT molecular complexity index is 799. The van der Waals surface area contributed by atoms with Crippen LogP contribution in [-0.2, 0) is 23.7 Å². The fourth-order valence-corrected chi connectivity index (χ4v) is 3.47. The third kappa shape index (κ3) is 3.22. The van der Waals surface area contributed by atoms with Gasteiger partial charge >= 0.3 is 11.7 Å². The van der Waals surface area contributed by atoms with Gasteiger partial charge in [0.15, 0.2) is 18.1 Å². The number of fused-ring (bicyclic) bond motifs is 1. The maximum Gasteiger partial charge on any atom is 0.338 e. The van der Waals surface area contributed by atoms with Crippen LogP contribution in [0.2, 0.25) is 0 Å². The van der Waals surface area contributed by atoms with Crippen LogP contribution >= 0.6 is 0 Å². The number of esters is 1. The van der Waals surface area contributed by atoms with E-state index >= 15 is 0 Å². The molecular weight excluding hydrogens is 344 g/mol. The van der Waals surface area contributed by atoms with Crippen molar-refractivity contribution in [3.8, 4) is 0 Å². The van der Waals surface area contributed by atoms with Crippen LogP contribution < -0.4 is 11.2 Å². The maximum absolute atomic E-state index is 12.5. The molecule has 0 radical (unpaired) electrons. The van der Waals surface area contributed by atoms with E-state index in [1.165, 1.54) is 16.8 Å². The standard InChI is InChI=1S/C17H24N2O7/c1-5-6-9-23-13(21)11-12-17(4,26-16(2,3)25-12)14(24-11)19-8-7-10(20)18-15(19)22/h7-8,11-12,14H,5-6,9H2,1-4H3,(H,18,20,22)/t11-,12+,14+,17+/m0/s1. The van der Waals surface area contributed by atoms with E-state index in [-0.39, 0.29) is 6.61 Å². The molecule has 1 N–H and O–H groups in total. The maximum atomic E-state index is 12.5. The third-order valence-corrected chi connectivity index (χ3v) is 4.56. The molecule has 9 nitrogen and oxygen atoms in total. The van der Waals surface area contributed by atoms with Crippen LogP contribution in [-0.4, -0.2) is 45.7 Å². The van der Waals surface area contributed by atoms with E-state index in [9.17, 15) is 14.4 Å². The van der Waals surface area contributed by atoms with E-state index in [4.69, 9.17) is 18.9 Å². The second-order valence-electron chi connectivity index (χ2n) is 7.17. The lowest BCUT2D eigenvalue weighted by molar-refractivity contribution is -0.219. The molecule has 2 saturated heterocycles.